The molecule has 0 spiro atoms. The maximum Gasteiger partial charge on any atom is 0.310 e. The summed E-state index contributed by atoms with van der Waals surface area (Å²) in [5.41, 5.74) is 3.65. The van der Waals surface area contributed by atoms with Crippen LogP contribution in [0, 0.1) is 17.3 Å². The van der Waals surface area contributed by atoms with Gasteiger partial charge in [0.15, 0.2) is 0 Å². The summed E-state index contributed by atoms with van der Waals surface area (Å²) >= 11 is 0. The second-order valence-electron chi connectivity index (χ2n) is 6.85. The van der Waals surface area contributed by atoms with E-state index in [1.807, 2.05) is 12.1 Å². The topological polar surface area (TPSA) is 26.3 Å². The molecule has 1 aromatic rings. The first-order chi connectivity index (χ1) is 9.86. The van der Waals surface area contributed by atoms with Crippen LogP contribution < -0.4 is 0 Å². The van der Waals surface area contributed by atoms with Crippen molar-refractivity contribution in [3.05, 3.63) is 47.0 Å². The molecule has 1 aromatic carbocycles. The quantitative estimate of drug-likeness (QED) is 0.587. The van der Waals surface area contributed by atoms with Crippen molar-refractivity contribution in [3.8, 4) is 0 Å². The molecule has 21 heavy (non-hydrogen) atoms. The fourth-order valence-corrected chi connectivity index (χ4v) is 2.91. The molecule has 0 amide bonds. The Morgan fingerprint density at radius 1 is 1.19 bits per heavy atom. The number of hydrogen-bond donors (Lipinski definition) is 0. The van der Waals surface area contributed by atoms with Crippen LogP contribution in [-0.2, 0) is 22.6 Å². The van der Waals surface area contributed by atoms with Gasteiger partial charge < -0.3 is 4.74 Å². The van der Waals surface area contributed by atoms with Gasteiger partial charge in [0.2, 0.25) is 0 Å². The number of carbonyl (C=O) groups excluding carboxylic acids is 1. The first-order valence-corrected chi connectivity index (χ1v) is 7.75. The van der Waals surface area contributed by atoms with Gasteiger partial charge in [-0.2, -0.15) is 0 Å². The van der Waals surface area contributed by atoms with Crippen LogP contribution in [0.1, 0.15) is 45.7 Å². The average molecular weight is 286 g/mol. The molecule has 1 fully saturated rings. The van der Waals surface area contributed by atoms with Gasteiger partial charge in [0, 0.05) is 0 Å². The minimum absolute atomic E-state index is 0.00214. The zero-order valence-electron chi connectivity index (χ0n) is 13.8. The van der Waals surface area contributed by atoms with Crippen molar-refractivity contribution in [2.75, 3.05) is 0 Å². The van der Waals surface area contributed by atoms with Crippen LogP contribution >= 0.6 is 0 Å². The fraction of sp³-hybridized carbons (Fsp3) is 0.526. The highest BCUT2D eigenvalue weighted by Crippen LogP contribution is 2.59. The van der Waals surface area contributed by atoms with Crippen molar-refractivity contribution in [1.82, 2.24) is 0 Å². The summed E-state index contributed by atoms with van der Waals surface area (Å²) in [6.07, 6.45) is 3.22. The Labute approximate surface area is 128 Å². The van der Waals surface area contributed by atoms with Crippen LogP contribution in [0.15, 0.2) is 35.9 Å². The van der Waals surface area contributed by atoms with E-state index in [2.05, 4.69) is 52.8 Å². The Morgan fingerprint density at radius 3 is 2.29 bits per heavy atom. The molecule has 2 atom stereocenters. The molecule has 0 N–H and O–H groups in total. The third kappa shape index (κ3) is 3.55. The van der Waals surface area contributed by atoms with Gasteiger partial charge in [-0.3, -0.25) is 4.79 Å². The maximum atomic E-state index is 12.3. The Hall–Kier alpha value is -1.57. The average Bonchev–Trinajstić information content (AvgIpc) is 2.97. The molecule has 0 saturated heterocycles. The summed E-state index contributed by atoms with van der Waals surface area (Å²) in [7, 11) is 0. The molecular formula is C19H26O2. The van der Waals surface area contributed by atoms with Crippen molar-refractivity contribution in [3.63, 3.8) is 0 Å². The van der Waals surface area contributed by atoms with Crippen molar-refractivity contribution < 1.29 is 9.53 Å². The summed E-state index contributed by atoms with van der Waals surface area (Å²) in [6, 6.07) is 8.27. The fourth-order valence-electron chi connectivity index (χ4n) is 2.91. The van der Waals surface area contributed by atoms with E-state index in [9.17, 15) is 4.79 Å². The first-order valence-electron chi connectivity index (χ1n) is 7.75. The van der Waals surface area contributed by atoms with Gasteiger partial charge in [0.05, 0.1) is 5.92 Å². The summed E-state index contributed by atoms with van der Waals surface area (Å²) < 4.78 is 5.50. The van der Waals surface area contributed by atoms with E-state index in [1.54, 1.807) is 0 Å². The third-order valence-electron chi connectivity index (χ3n) is 4.49. The lowest BCUT2D eigenvalue weighted by atomic mass is 10.1. The van der Waals surface area contributed by atoms with E-state index >= 15 is 0 Å². The molecular weight excluding hydrogens is 260 g/mol. The Kier molecular flexibility index (Phi) is 4.55. The van der Waals surface area contributed by atoms with E-state index in [4.69, 9.17) is 4.74 Å². The van der Waals surface area contributed by atoms with E-state index in [-0.39, 0.29) is 17.3 Å². The molecule has 2 nitrogen and oxygen atoms in total. The Morgan fingerprint density at radius 2 is 1.76 bits per heavy atom. The van der Waals surface area contributed by atoms with Crippen LogP contribution in [0.2, 0.25) is 0 Å². The molecule has 1 aliphatic carbocycles. The third-order valence-corrected chi connectivity index (χ3v) is 4.49. The SMILES string of the molecule is CCc1ccc(COC(=O)[C@@H]2C(C=C(C)C)C2(C)C)cc1. The van der Waals surface area contributed by atoms with Crippen LogP contribution in [0.25, 0.3) is 0 Å². The molecule has 114 valence electrons. The molecule has 1 aliphatic rings. The normalized spacial score (nSPS) is 22.5. The van der Waals surface area contributed by atoms with Crippen LogP contribution in [0.4, 0.5) is 0 Å². The van der Waals surface area contributed by atoms with E-state index < -0.39 is 0 Å². The van der Waals surface area contributed by atoms with Crippen LogP contribution in [-0.4, -0.2) is 5.97 Å². The van der Waals surface area contributed by atoms with Gasteiger partial charge in [-0.25, -0.2) is 0 Å². The maximum absolute atomic E-state index is 12.3. The highest BCUT2D eigenvalue weighted by atomic mass is 16.5. The molecule has 0 bridgehead atoms. The number of rotatable bonds is 5. The lowest BCUT2D eigenvalue weighted by molar-refractivity contribution is -0.147. The van der Waals surface area contributed by atoms with Gasteiger partial charge in [0.25, 0.3) is 0 Å². The number of allylic oxidation sites excluding steroid dienone is 2. The summed E-state index contributed by atoms with van der Waals surface area (Å²) in [5, 5.41) is 0. The molecule has 1 saturated carbocycles. The highest BCUT2D eigenvalue weighted by molar-refractivity contribution is 5.78. The van der Waals surface area contributed by atoms with Gasteiger partial charge in [-0.1, -0.05) is 56.7 Å². The van der Waals surface area contributed by atoms with Gasteiger partial charge in [0.1, 0.15) is 6.61 Å². The molecule has 2 rings (SSSR count). The molecule has 0 aliphatic heterocycles. The first kappa shape index (κ1) is 15.8. The lowest BCUT2D eigenvalue weighted by Crippen LogP contribution is -2.10. The van der Waals surface area contributed by atoms with Crippen molar-refractivity contribution in [1.29, 1.82) is 0 Å². The van der Waals surface area contributed by atoms with Crippen molar-refractivity contribution in [2.24, 2.45) is 17.3 Å². The highest BCUT2D eigenvalue weighted by Gasteiger charge is 2.61. The zero-order chi connectivity index (χ0) is 15.6. The van der Waals surface area contributed by atoms with E-state index in [0.717, 1.165) is 12.0 Å². The number of aryl methyl sites for hydroxylation is 1. The molecule has 0 radical (unpaired) electrons. The molecule has 1 unspecified atom stereocenters. The van der Waals surface area contributed by atoms with Gasteiger partial charge >= 0.3 is 5.97 Å². The molecule has 0 aromatic heterocycles. The standard InChI is InChI=1S/C19H26O2/c1-6-14-7-9-15(10-8-14)12-21-18(20)17-16(11-13(2)3)19(17,4)5/h7-11,16-17H,6,12H2,1-5H3/t16?,17-/m0/s1. The Bertz CT molecular complexity index is 533. The smallest absolute Gasteiger partial charge is 0.310 e. The predicted molar refractivity (Wildman–Crippen MR) is 85.8 cm³/mol. The molecule has 2 heteroatoms. The number of hydrogen-bond acceptors (Lipinski definition) is 2. The Balaban J connectivity index is 1.92. The van der Waals surface area contributed by atoms with E-state index in [1.165, 1.54) is 11.1 Å². The number of carbonyl (C=O) groups is 1. The largest absolute Gasteiger partial charge is 0.461 e. The van der Waals surface area contributed by atoms with Crippen LogP contribution in [0.3, 0.4) is 0 Å². The summed E-state index contributed by atoms with van der Waals surface area (Å²) in [5.74, 6) is 0.252. The monoisotopic (exact) mass is 286 g/mol. The second-order valence-corrected chi connectivity index (χ2v) is 6.85. The summed E-state index contributed by atoms with van der Waals surface area (Å²) in [4.78, 5) is 12.3. The van der Waals surface area contributed by atoms with Crippen LogP contribution in [0.5, 0.6) is 0 Å². The number of ether oxygens (including phenoxy) is 1. The van der Waals surface area contributed by atoms with Crippen molar-refractivity contribution >= 4 is 5.97 Å². The molecule has 0 heterocycles. The predicted octanol–water partition coefficient (Wildman–Crippen LogP) is 4.53. The van der Waals surface area contributed by atoms with Gasteiger partial charge in [-0.15, -0.1) is 0 Å². The zero-order valence-corrected chi connectivity index (χ0v) is 13.8. The minimum Gasteiger partial charge on any atom is -0.461 e. The summed E-state index contributed by atoms with van der Waals surface area (Å²) in [6.45, 7) is 10.9. The number of benzene rings is 1. The number of esters is 1. The van der Waals surface area contributed by atoms with Gasteiger partial charge in [-0.05, 0) is 42.7 Å². The second kappa shape index (κ2) is 6.05. The lowest BCUT2D eigenvalue weighted by Gasteiger charge is -2.06. The van der Waals surface area contributed by atoms with Crippen molar-refractivity contribution in [2.45, 2.75) is 47.6 Å². The van der Waals surface area contributed by atoms with E-state index in [0.29, 0.717) is 12.5 Å². The minimum atomic E-state index is -0.0675.